The molecule has 1 aliphatic carbocycles. The number of aromatic hydroxyl groups is 1. The molecule has 3 atom stereocenters. The summed E-state index contributed by atoms with van der Waals surface area (Å²) in [5.41, 5.74) is 0.858. The number of nitrogens with zero attached hydrogens (tertiary/aromatic N) is 1. The minimum atomic E-state index is -0.865. The van der Waals surface area contributed by atoms with Gasteiger partial charge in [-0.1, -0.05) is 12.1 Å². The molecule has 1 saturated carbocycles. The molecule has 2 fully saturated rings. The van der Waals surface area contributed by atoms with Crippen LogP contribution in [0.1, 0.15) is 5.56 Å². The number of fused-ring (bicyclic) bond motifs is 1. The van der Waals surface area contributed by atoms with E-state index in [1.807, 2.05) is 6.07 Å². The number of benzene rings is 1. The van der Waals surface area contributed by atoms with Gasteiger partial charge in [-0.25, -0.2) is 0 Å². The zero-order valence-corrected chi connectivity index (χ0v) is 9.61. The lowest BCUT2D eigenvalue weighted by atomic mass is 10.2. The Morgan fingerprint density at radius 1 is 1.44 bits per heavy atom. The van der Waals surface area contributed by atoms with E-state index in [0.717, 1.165) is 5.56 Å². The van der Waals surface area contributed by atoms with Crippen molar-refractivity contribution in [3.05, 3.63) is 29.8 Å². The Hall–Kier alpha value is -2.04. The first kappa shape index (κ1) is 11.1. The van der Waals surface area contributed by atoms with Crippen LogP contribution >= 0.6 is 0 Å². The molecule has 1 aromatic carbocycles. The molecule has 0 spiro atoms. The molecule has 5 heteroatoms. The normalized spacial score (nSPS) is 29.2. The van der Waals surface area contributed by atoms with Gasteiger partial charge in [0.2, 0.25) is 5.91 Å². The number of hydrogen-bond acceptors (Lipinski definition) is 3. The topological polar surface area (TPSA) is 77.8 Å². The number of aliphatic carboxylic acids is 1. The molecule has 94 valence electrons. The van der Waals surface area contributed by atoms with Crippen LogP contribution in [-0.4, -0.2) is 33.5 Å². The van der Waals surface area contributed by atoms with Crippen molar-refractivity contribution in [1.29, 1.82) is 0 Å². The van der Waals surface area contributed by atoms with Crippen molar-refractivity contribution in [2.45, 2.75) is 6.54 Å². The van der Waals surface area contributed by atoms with Gasteiger partial charge in [0.1, 0.15) is 5.75 Å². The molecule has 3 unspecified atom stereocenters. The third-order valence-corrected chi connectivity index (χ3v) is 3.77. The first-order chi connectivity index (χ1) is 8.58. The number of rotatable bonds is 3. The molecule has 1 aromatic rings. The molecular formula is C13H13NO4. The Bertz CT molecular complexity index is 527. The molecule has 1 saturated heterocycles. The van der Waals surface area contributed by atoms with Gasteiger partial charge in [0.05, 0.1) is 11.8 Å². The number of carboxylic acid groups (broad SMARTS) is 1. The summed E-state index contributed by atoms with van der Waals surface area (Å²) >= 11 is 0. The number of carbonyl (C=O) groups is 2. The van der Waals surface area contributed by atoms with E-state index in [-0.39, 0.29) is 23.5 Å². The fraction of sp³-hybridized carbons (Fsp3) is 0.385. The summed E-state index contributed by atoms with van der Waals surface area (Å²) in [5, 5.41) is 18.2. The number of amides is 1. The van der Waals surface area contributed by atoms with Gasteiger partial charge in [-0.05, 0) is 17.7 Å². The smallest absolute Gasteiger partial charge is 0.307 e. The highest BCUT2D eigenvalue weighted by atomic mass is 16.4. The van der Waals surface area contributed by atoms with E-state index in [9.17, 15) is 14.7 Å². The van der Waals surface area contributed by atoms with Crippen molar-refractivity contribution >= 4 is 11.9 Å². The first-order valence-electron chi connectivity index (χ1n) is 5.87. The zero-order chi connectivity index (χ0) is 12.9. The molecule has 0 bridgehead atoms. The molecule has 3 rings (SSSR count). The molecule has 1 heterocycles. The Labute approximate surface area is 104 Å². The summed E-state index contributed by atoms with van der Waals surface area (Å²) in [5.74, 6) is -1.58. The predicted octanol–water partition coefficient (Wildman–Crippen LogP) is 0.681. The summed E-state index contributed by atoms with van der Waals surface area (Å²) in [7, 11) is 0. The Morgan fingerprint density at radius 3 is 2.78 bits per heavy atom. The highest BCUT2D eigenvalue weighted by molar-refractivity contribution is 5.93. The highest BCUT2D eigenvalue weighted by Gasteiger charge is 2.65. The van der Waals surface area contributed by atoms with Crippen molar-refractivity contribution in [2.75, 3.05) is 6.54 Å². The van der Waals surface area contributed by atoms with Crippen molar-refractivity contribution in [1.82, 2.24) is 4.90 Å². The summed E-state index contributed by atoms with van der Waals surface area (Å²) in [6.45, 7) is 0.947. The van der Waals surface area contributed by atoms with Crippen LogP contribution in [0.4, 0.5) is 0 Å². The lowest BCUT2D eigenvalue weighted by Crippen LogP contribution is -2.30. The second-order valence-corrected chi connectivity index (χ2v) is 4.94. The molecule has 0 aromatic heterocycles. The first-order valence-corrected chi connectivity index (χ1v) is 5.87. The van der Waals surface area contributed by atoms with E-state index in [2.05, 4.69) is 0 Å². The van der Waals surface area contributed by atoms with Gasteiger partial charge < -0.3 is 15.1 Å². The van der Waals surface area contributed by atoms with E-state index in [1.54, 1.807) is 23.1 Å². The van der Waals surface area contributed by atoms with Crippen LogP contribution in [-0.2, 0) is 16.1 Å². The van der Waals surface area contributed by atoms with Gasteiger partial charge in [-0.2, -0.15) is 0 Å². The van der Waals surface area contributed by atoms with Gasteiger partial charge in [0.15, 0.2) is 0 Å². The average molecular weight is 247 g/mol. The maximum atomic E-state index is 12.0. The van der Waals surface area contributed by atoms with Crippen LogP contribution in [0.5, 0.6) is 5.75 Å². The van der Waals surface area contributed by atoms with Gasteiger partial charge in [0, 0.05) is 19.0 Å². The second-order valence-electron chi connectivity index (χ2n) is 4.94. The molecule has 2 N–H and O–H groups in total. The molecule has 5 nitrogen and oxygen atoms in total. The van der Waals surface area contributed by atoms with Crippen molar-refractivity contribution < 1.29 is 19.8 Å². The monoisotopic (exact) mass is 247 g/mol. The summed E-state index contributed by atoms with van der Waals surface area (Å²) in [6, 6.07) is 6.76. The molecule has 1 aliphatic heterocycles. The standard InChI is InChI=1S/C13H13NO4/c15-8-3-1-2-7(4-8)5-14-6-9-10(12(14)16)11(9)13(17)18/h1-4,9-11,15H,5-6H2,(H,17,18). The SMILES string of the molecule is O=C(O)C1C2CN(Cc3cccc(O)c3)C(=O)C21. The third-order valence-electron chi connectivity index (χ3n) is 3.77. The molecule has 0 radical (unpaired) electrons. The van der Waals surface area contributed by atoms with Crippen LogP contribution in [0.15, 0.2) is 24.3 Å². The van der Waals surface area contributed by atoms with Crippen LogP contribution in [0.2, 0.25) is 0 Å². The molecule has 1 amide bonds. The number of phenols is 1. The van der Waals surface area contributed by atoms with Gasteiger partial charge in [-0.3, -0.25) is 9.59 Å². The van der Waals surface area contributed by atoms with E-state index in [1.165, 1.54) is 0 Å². The maximum absolute atomic E-state index is 12.0. The molecule has 18 heavy (non-hydrogen) atoms. The van der Waals surface area contributed by atoms with E-state index < -0.39 is 11.9 Å². The van der Waals surface area contributed by atoms with Crippen molar-refractivity contribution in [3.63, 3.8) is 0 Å². The molecular weight excluding hydrogens is 234 g/mol. The van der Waals surface area contributed by atoms with Crippen molar-refractivity contribution in [3.8, 4) is 5.75 Å². The van der Waals surface area contributed by atoms with Crippen LogP contribution < -0.4 is 0 Å². The zero-order valence-electron chi connectivity index (χ0n) is 9.61. The number of piperidine rings is 1. The number of carbonyl (C=O) groups excluding carboxylic acids is 1. The number of carboxylic acids is 1. The molecule has 2 aliphatic rings. The fourth-order valence-electron chi connectivity index (χ4n) is 2.85. The lowest BCUT2D eigenvalue weighted by molar-refractivity contribution is -0.143. The van der Waals surface area contributed by atoms with Crippen molar-refractivity contribution in [2.24, 2.45) is 17.8 Å². The summed E-state index contributed by atoms with van der Waals surface area (Å²) in [6.07, 6.45) is 0. The maximum Gasteiger partial charge on any atom is 0.307 e. The second kappa shape index (κ2) is 3.73. The minimum absolute atomic E-state index is 0.0210. The largest absolute Gasteiger partial charge is 0.508 e. The van der Waals surface area contributed by atoms with E-state index >= 15 is 0 Å². The fourth-order valence-corrected chi connectivity index (χ4v) is 2.85. The van der Waals surface area contributed by atoms with Gasteiger partial charge in [-0.15, -0.1) is 0 Å². The van der Waals surface area contributed by atoms with Gasteiger partial charge >= 0.3 is 5.97 Å². The Kier molecular flexibility index (Phi) is 2.29. The average Bonchev–Trinajstić information content (AvgIpc) is 2.93. The predicted molar refractivity (Wildman–Crippen MR) is 61.6 cm³/mol. The minimum Gasteiger partial charge on any atom is -0.508 e. The van der Waals surface area contributed by atoms with Crippen LogP contribution in [0.3, 0.4) is 0 Å². The summed E-state index contributed by atoms with van der Waals surface area (Å²) < 4.78 is 0. The highest BCUT2D eigenvalue weighted by Crippen LogP contribution is 2.52. The Morgan fingerprint density at radius 2 is 2.22 bits per heavy atom. The number of hydrogen-bond donors (Lipinski definition) is 2. The quantitative estimate of drug-likeness (QED) is 0.823. The third kappa shape index (κ3) is 1.63. The van der Waals surface area contributed by atoms with Gasteiger partial charge in [0.25, 0.3) is 0 Å². The number of likely N-dealkylation sites (tertiary alicyclic amines) is 1. The van der Waals surface area contributed by atoms with E-state index in [0.29, 0.717) is 13.1 Å². The number of phenolic OH excluding ortho intramolecular Hbond substituents is 1. The lowest BCUT2D eigenvalue weighted by Gasteiger charge is -2.19. The van der Waals surface area contributed by atoms with Crippen LogP contribution in [0.25, 0.3) is 0 Å². The van der Waals surface area contributed by atoms with Crippen LogP contribution in [0, 0.1) is 17.8 Å². The Balaban J connectivity index is 1.68. The summed E-state index contributed by atoms with van der Waals surface area (Å²) in [4.78, 5) is 24.4. The van der Waals surface area contributed by atoms with E-state index in [4.69, 9.17) is 5.11 Å².